The van der Waals surface area contributed by atoms with Gasteiger partial charge in [0.25, 0.3) is 0 Å². The number of aromatic carboxylic acids is 1. The first-order chi connectivity index (χ1) is 10.9. The van der Waals surface area contributed by atoms with E-state index in [1.54, 1.807) is 17.4 Å². The van der Waals surface area contributed by atoms with Gasteiger partial charge in [0.05, 0.1) is 10.5 Å². The highest BCUT2D eigenvalue weighted by Gasteiger charge is 2.30. The molecule has 0 aliphatic carbocycles. The Kier molecular flexibility index (Phi) is 4.27. The van der Waals surface area contributed by atoms with Gasteiger partial charge in [0.1, 0.15) is 0 Å². The van der Waals surface area contributed by atoms with E-state index in [0.717, 1.165) is 5.56 Å². The van der Waals surface area contributed by atoms with E-state index >= 15 is 0 Å². The van der Waals surface area contributed by atoms with Crippen molar-refractivity contribution in [2.24, 2.45) is 0 Å². The van der Waals surface area contributed by atoms with Crippen LogP contribution in [0, 0.1) is 0 Å². The molecule has 0 unspecified atom stereocenters. The molecule has 1 aliphatic rings. The number of aryl methyl sites for hydroxylation is 1. The van der Waals surface area contributed by atoms with Crippen molar-refractivity contribution in [3.63, 3.8) is 0 Å². The second kappa shape index (κ2) is 6.07. The lowest BCUT2D eigenvalue weighted by Gasteiger charge is -2.27. The van der Waals surface area contributed by atoms with Crippen LogP contribution in [0.2, 0.25) is 0 Å². The highest BCUT2D eigenvalue weighted by Crippen LogP contribution is 2.30. The Hall–Kier alpha value is -1.70. The number of benzene rings is 1. The van der Waals surface area contributed by atoms with Crippen LogP contribution >= 0.6 is 11.3 Å². The van der Waals surface area contributed by atoms with Gasteiger partial charge in [-0.15, -0.1) is 11.3 Å². The Labute approximate surface area is 139 Å². The van der Waals surface area contributed by atoms with E-state index in [0.29, 0.717) is 31.5 Å². The molecule has 7 heteroatoms. The number of fused-ring (bicyclic) bond motifs is 1. The molecule has 5 nitrogen and oxygen atoms in total. The van der Waals surface area contributed by atoms with Crippen molar-refractivity contribution < 1.29 is 18.3 Å². The zero-order chi connectivity index (χ0) is 16.6. The van der Waals surface area contributed by atoms with Crippen LogP contribution < -0.4 is 0 Å². The third kappa shape index (κ3) is 2.91. The molecular formula is C16H17NO4S2. The van der Waals surface area contributed by atoms with Crippen LogP contribution in [0.25, 0.3) is 0 Å². The summed E-state index contributed by atoms with van der Waals surface area (Å²) in [6.45, 7) is 2.64. The molecule has 1 N–H and O–H groups in total. The van der Waals surface area contributed by atoms with Crippen LogP contribution in [0.5, 0.6) is 0 Å². The molecule has 3 rings (SSSR count). The first-order valence-corrected chi connectivity index (χ1v) is 9.67. The van der Waals surface area contributed by atoms with Crippen molar-refractivity contribution in [1.29, 1.82) is 0 Å². The average Bonchev–Trinajstić information content (AvgIpc) is 3.01. The first-order valence-electron chi connectivity index (χ1n) is 7.35. The normalized spacial score (nSPS) is 15.3. The lowest BCUT2D eigenvalue weighted by Crippen LogP contribution is -2.35. The Bertz CT molecular complexity index is 855. The van der Waals surface area contributed by atoms with Crippen molar-refractivity contribution in [2.45, 2.75) is 31.2 Å². The summed E-state index contributed by atoms with van der Waals surface area (Å²) in [6, 6.07) is 6.28. The fourth-order valence-electron chi connectivity index (χ4n) is 2.79. The minimum absolute atomic E-state index is 0.00555. The van der Waals surface area contributed by atoms with E-state index in [-0.39, 0.29) is 10.5 Å². The van der Waals surface area contributed by atoms with Gasteiger partial charge < -0.3 is 5.11 Å². The third-order valence-corrected chi connectivity index (χ3v) is 7.04. The number of carboxylic acid groups (broad SMARTS) is 1. The maximum absolute atomic E-state index is 13.0. The topological polar surface area (TPSA) is 74.7 Å². The van der Waals surface area contributed by atoms with Gasteiger partial charge in [0, 0.05) is 18.0 Å². The number of hydrogen-bond donors (Lipinski definition) is 1. The SMILES string of the molecule is CCc1ccc(C(=O)O)cc1S(=O)(=O)N1CCc2sccc2C1. The molecule has 1 aromatic carbocycles. The molecule has 0 atom stereocenters. The number of rotatable bonds is 4. The van der Waals surface area contributed by atoms with Crippen molar-refractivity contribution in [2.75, 3.05) is 6.54 Å². The Morgan fingerprint density at radius 1 is 1.35 bits per heavy atom. The smallest absolute Gasteiger partial charge is 0.335 e. The Morgan fingerprint density at radius 3 is 2.83 bits per heavy atom. The molecule has 0 bridgehead atoms. The molecule has 122 valence electrons. The number of hydrogen-bond acceptors (Lipinski definition) is 4. The molecule has 1 aromatic heterocycles. The summed E-state index contributed by atoms with van der Waals surface area (Å²) in [5, 5.41) is 11.1. The fraction of sp³-hybridized carbons (Fsp3) is 0.312. The van der Waals surface area contributed by atoms with Crippen LogP contribution in [0.3, 0.4) is 0 Å². The monoisotopic (exact) mass is 351 g/mol. The van der Waals surface area contributed by atoms with E-state index in [2.05, 4.69) is 0 Å². The van der Waals surface area contributed by atoms with Gasteiger partial charge in [-0.1, -0.05) is 13.0 Å². The molecular weight excluding hydrogens is 334 g/mol. The van der Waals surface area contributed by atoms with Gasteiger partial charge in [-0.2, -0.15) is 4.31 Å². The van der Waals surface area contributed by atoms with Crippen LogP contribution in [-0.2, 0) is 29.4 Å². The summed E-state index contributed by atoms with van der Waals surface area (Å²) in [4.78, 5) is 12.5. The summed E-state index contributed by atoms with van der Waals surface area (Å²) in [7, 11) is -3.71. The van der Waals surface area contributed by atoms with E-state index in [1.807, 2.05) is 18.4 Å². The van der Waals surface area contributed by atoms with Gasteiger partial charge in [-0.3, -0.25) is 0 Å². The maximum atomic E-state index is 13.0. The molecule has 0 saturated heterocycles. The zero-order valence-corrected chi connectivity index (χ0v) is 14.3. The summed E-state index contributed by atoms with van der Waals surface area (Å²) < 4.78 is 27.5. The van der Waals surface area contributed by atoms with Gasteiger partial charge >= 0.3 is 5.97 Å². The summed E-state index contributed by atoms with van der Waals surface area (Å²) in [6.07, 6.45) is 1.23. The highest BCUT2D eigenvalue weighted by atomic mass is 32.2. The maximum Gasteiger partial charge on any atom is 0.335 e. The Morgan fingerprint density at radius 2 is 2.13 bits per heavy atom. The summed E-state index contributed by atoms with van der Waals surface area (Å²) >= 11 is 1.65. The molecule has 0 amide bonds. The van der Waals surface area contributed by atoms with Gasteiger partial charge in [0.15, 0.2) is 0 Å². The number of thiophene rings is 1. The van der Waals surface area contributed by atoms with Crippen LogP contribution in [-0.4, -0.2) is 30.3 Å². The molecule has 2 aromatic rings. The molecule has 2 heterocycles. The predicted octanol–water partition coefficient (Wildman–Crippen LogP) is 2.76. The molecule has 0 radical (unpaired) electrons. The number of sulfonamides is 1. The van der Waals surface area contributed by atoms with E-state index < -0.39 is 16.0 Å². The second-order valence-corrected chi connectivity index (χ2v) is 8.35. The second-order valence-electron chi connectivity index (χ2n) is 5.44. The largest absolute Gasteiger partial charge is 0.478 e. The number of carboxylic acids is 1. The van der Waals surface area contributed by atoms with Gasteiger partial charge in [-0.25, -0.2) is 13.2 Å². The van der Waals surface area contributed by atoms with Crippen LogP contribution in [0.15, 0.2) is 34.5 Å². The number of nitrogens with zero attached hydrogens (tertiary/aromatic N) is 1. The molecule has 0 spiro atoms. The lowest BCUT2D eigenvalue weighted by atomic mass is 10.1. The van der Waals surface area contributed by atoms with Crippen molar-refractivity contribution >= 4 is 27.3 Å². The minimum Gasteiger partial charge on any atom is -0.478 e. The first kappa shape index (κ1) is 16.2. The van der Waals surface area contributed by atoms with E-state index in [1.165, 1.54) is 21.3 Å². The van der Waals surface area contributed by atoms with E-state index in [9.17, 15) is 13.2 Å². The molecule has 23 heavy (non-hydrogen) atoms. The minimum atomic E-state index is -3.71. The quantitative estimate of drug-likeness (QED) is 0.919. The molecule has 0 saturated carbocycles. The van der Waals surface area contributed by atoms with Crippen LogP contribution in [0.4, 0.5) is 0 Å². The van der Waals surface area contributed by atoms with Crippen molar-refractivity contribution in [3.05, 3.63) is 51.2 Å². The number of carbonyl (C=O) groups is 1. The Balaban J connectivity index is 2.03. The molecule has 1 aliphatic heterocycles. The van der Waals surface area contributed by atoms with Crippen LogP contribution in [0.1, 0.15) is 33.3 Å². The lowest BCUT2D eigenvalue weighted by molar-refractivity contribution is 0.0696. The fourth-order valence-corrected chi connectivity index (χ4v) is 5.41. The third-order valence-electron chi connectivity index (χ3n) is 4.09. The zero-order valence-electron chi connectivity index (χ0n) is 12.7. The average molecular weight is 351 g/mol. The van der Waals surface area contributed by atoms with Gasteiger partial charge in [-0.05, 0) is 47.5 Å². The standard InChI is InChI=1S/C16H17NO4S2/c1-2-11-3-4-12(16(18)19)9-15(11)23(20,21)17-7-5-14-13(10-17)6-8-22-14/h3-4,6,8-9H,2,5,7,10H2,1H3,(H,18,19). The summed E-state index contributed by atoms with van der Waals surface area (Å²) in [5.41, 5.74) is 1.68. The van der Waals surface area contributed by atoms with Gasteiger partial charge in [0.2, 0.25) is 10.0 Å². The van der Waals surface area contributed by atoms with Crippen molar-refractivity contribution in [3.8, 4) is 0 Å². The van der Waals surface area contributed by atoms with Crippen molar-refractivity contribution in [1.82, 2.24) is 4.31 Å². The summed E-state index contributed by atoms with van der Waals surface area (Å²) in [5.74, 6) is -1.12. The predicted molar refractivity (Wildman–Crippen MR) is 88.4 cm³/mol. The molecule has 0 fully saturated rings. The van der Waals surface area contributed by atoms with E-state index in [4.69, 9.17) is 5.11 Å². The highest BCUT2D eigenvalue weighted by molar-refractivity contribution is 7.89.